The zero-order valence-electron chi connectivity index (χ0n) is 22.7. The molecule has 0 amide bonds. The van der Waals surface area contributed by atoms with Gasteiger partial charge in [0.1, 0.15) is 18.7 Å². The number of hydrogen-bond acceptors (Lipinski definition) is 5. The molecule has 0 aromatic carbocycles. The van der Waals surface area contributed by atoms with Gasteiger partial charge in [-0.2, -0.15) is 10.4 Å². The topological polar surface area (TPSA) is 81.5 Å². The van der Waals surface area contributed by atoms with Gasteiger partial charge < -0.3 is 9.30 Å². The molecule has 3 rings (SSSR count). The molecule has 0 saturated carbocycles. The summed E-state index contributed by atoms with van der Waals surface area (Å²) < 4.78 is 9.80. The summed E-state index contributed by atoms with van der Waals surface area (Å²) in [6.07, 6.45) is 21.0. The Balaban J connectivity index is 1.34. The Morgan fingerprint density at radius 3 is 2.39 bits per heavy atom. The van der Waals surface area contributed by atoms with Crippen LogP contribution in [0.15, 0.2) is 31.0 Å². The van der Waals surface area contributed by atoms with Crippen LogP contribution in [-0.2, 0) is 11.5 Å². The number of rotatable bonds is 16. The highest BCUT2D eigenvalue weighted by Gasteiger charge is 2.14. The maximum Gasteiger partial charge on any atom is 0.145 e. The Hall–Kier alpha value is -2.72. The third-order valence-corrected chi connectivity index (χ3v) is 6.72. The number of fused-ring (bicyclic) bond motifs is 1. The third-order valence-electron chi connectivity index (χ3n) is 6.72. The van der Waals surface area contributed by atoms with Gasteiger partial charge in [-0.1, -0.05) is 72.1 Å². The molecule has 0 radical (unpaired) electrons. The molecule has 3 aromatic rings. The zero-order chi connectivity index (χ0) is 25.8. The van der Waals surface area contributed by atoms with Crippen molar-refractivity contribution in [2.75, 3.05) is 6.61 Å². The molecule has 196 valence electrons. The van der Waals surface area contributed by atoms with Gasteiger partial charge in [0.15, 0.2) is 0 Å². The van der Waals surface area contributed by atoms with Crippen LogP contribution < -0.4 is 0 Å². The fourth-order valence-corrected chi connectivity index (χ4v) is 4.52. The Kier molecular flexibility index (Phi) is 10.9. The van der Waals surface area contributed by atoms with Crippen LogP contribution in [0.4, 0.5) is 0 Å². The summed E-state index contributed by atoms with van der Waals surface area (Å²) in [6.45, 7) is 10.3. The quantitative estimate of drug-likeness (QED) is 0.191. The van der Waals surface area contributed by atoms with Gasteiger partial charge in [0.05, 0.1) is 30.4 Å². The Morgan fingerprint density at radius 1 is 1.00 bits per heavy atom. The monoisotopic (exact) mass is 492 g/mol. The van der Waals surface area contributed by atoms with Crippen molar-refractivity contribution in [3.63, 3.8) is 0 Å². The van der Waals surface area contributed by atoms with E-state index in [-0.39, 0.29) is 6.04 Å². The van der Waals surface area contributed by atoms with Crippen LogP contribution >= 0.6 is 0 Å². The minimum atomic E-state index is 0.0301. The van der Waals surface area contributed by atoms with Gasteiger partial charge in [0.25, 0.3) is 0 Å². The maximum atomic E-state index is 8.94. The molecule has 0 unspecified atom stereocenters. The molecule has 3 aromatic heterocycles. The Bertz CT molecular complexity index is 1090. The van der Waals surface area contributed by atoms with Gasteiger partial charge in [0, 0.05) is 30.0 Å². The molecule has 3 heterocycles. The van der Waals surface area contributed by atoms with E-state index < -0.39 is 0 Å². The largest absolute Gasteiger partial charge is 0.361 e. The lowest BCUT2D eigenvalue weighted by molar-refractivity contribution is 0.0763. The van der Waals surface area contributed by atoms with E-state index in [9.17, 15) is 0 Å². The fraction of sp³-hybridized carbons (Fsp3) is 0.655. The van der Waals surface area contributed by atoms with Crippen LogP contribution in [0.1, 0.15) is 104 Å². The van der Waals surface area contributed by atoms with Crippen LogP contribution in [0.2, 0.25) is 0 Å². The van der Waals surface area contributed by atoms with Gasteiger partial charge in [0.2, 0.25) is 0 Å². The maximum absolute atomic E-state index is 8.94. The summed E-state index contributed by atoms with van der Waals surface area (Å²) in [5.41, 5.74) is 3.12. The average molecular weight is 493 g/mol. The molecule has 1 atom stereocenters. The van der Waals surface area contributed by atoms with E-state index in [0.29, 0.717) is 18.6 Å². The summed E-state index contributed by atoms with van der Waals surface area (Å²) in [7, 11) is 0. The first-order valence-electron chi connectivity index (χ1n) is 13.7. The van der Waals surface area contributed by atoms with Crippen molar-refractivity contribution < 1.29 is 4.74 Å². The van der Waals surface area contributed by atoms with E-state index in [1.165, 1.54) is 57.8 Å². The van der Waals surface area contributed by atoms with Crippen molar-refractivity contribution in [2.45, 2.75) is 111 Å². The van der Waals surface area contributed by atoms with Gasteiger partial charge in [-0.3, -0.25) is 4.68 Å². The van der Waals surface area contributed by atoms with Crippen LogP contribution in [0.5, 0.6) is 0 Å². The molecule has 7 nitrogen and oxygen atoms in total. The predicted octanol–water partition coefficient (Wildman–Crippen LogP) is 7.69. The van der Waals surface area contributed by atoms with Crippen molar-refractivity contribution in [2.24, 2.45) is 5.41 Å². The van der Waals surface area contributed by atoms with Crippen molar-refractivity contribution in [3.8, 4) is 17.3 Å². The third kappa shape index (κ3) is 8.74. The predicted molar refractivity (Wildman–Crippen MR) is 145 cm³/mol. The molecule has 0 aliphatic heterocycles. The van der Waals surface area contributed by atoms with E-state index in [0.717, 1.165) is 35.3 Å². The number of ether oxygens (including phenoxy) is 1. The van der Waals surface area contributed by atoms with Crippen LogP contribution in [0.25, 0.3) is 22.3 Å². The minimum Gasteiger partial charge on any atom is -0.361 e. The van der Waals surface area contributed by atoms with E-state index in [4.69, 9.17) is 10.00 Å². The minimum absolute atomic E-state index is 0.0301. The zero-order valence-corrected chi connectivity index (χ0v) is 22.7. The lowest BCUT2D eigenvalue weighted by atomic mass is 9.89. The van der Waals surface area contributed by atoms with Crippen molar-refractivity contribution >= 4 is 11.0 Å². The van der Waals surface area contributed by atoms with Crippen LogP contribution in [0.3, 0.4) is 0 Å². The second kappa shape index (κ2) is 14.1. The second-order valence-corrected chi connectivity index (χ2v) is 11.2. The standard InChI is InChI=1S/C29H44N6O/c1-24(14-17-30)35-21-25(20-33-35)27-26-15-18-34(28(26)32-22-31-27)23-36-19-13-11-9-7-5-6-8-10-12-16-29(2,3)4/h15,18,20-22,24H,5-14,16,19,23H2,1-4H3/t24-/m0/s1. The van der Waals surface area contributed by atoms with Crippen molar-refractivity contribution in [3.05, 3.63) is 31.0 Å². The molecular formula is C29H44N6O. The highest BCUT2D eigenvalue weighted by atomic mass is 16.5. The number of unbranched alkanes of at least 4 members (excludes halogenated alkanes) is 8. The van der Waals surface area contributed by atoms with Gasteiger partial charge in [-0.05, 0) is 31.2 Å². The highest BCUT2D eigenvalue weighted by Crippen LogP contribution is 2.27. The Labute approximate surface area is 216 Å². The van der Waals surface area contributed by atoms with Gasteiger partial charge >= 0.3 is 0 Å². The first kappa shape index (κ1) is 27.9. The SMILES string of the molecule is C[C@@H](CC#N)n1cc(-c2ncnc3c2ccn3COCCCCCCCCCCCC(C)(C)C)cn1. The Morgan fingerprint density at radius 2 is 1.69 bits per heavy atom. The lowest BCUT2D eigenvalue weighted by Crippen LogP contribution is -2.04. The molecule has 0 aliphatic carbocycles. The van der Waals surface area contributed by atoms with Gasteiger partial charge in [-0.15, -0.1) is 0 Å². The number of aromatic nitrogens is 5. The molecule has 0 saturated heterocycles. The van der Waals surface area contributed by atoms with Crippen molar-refractivity contribution in [1.29, 1.82) is 5.26 Å². The number of nitrogens with zero attached hydrogens (tertiary/aromatic N) is 6. The highest BCUT2D eigenvalue weighted by molar-refractivity contribution is 5.90. The van der Waals surface area contributed by atoms with E-state index in [1.807, 2.05) is 34.6 Å². The summed E-state index contributed by atoms with van der Waals surface area (Å²) >= 11 is 0. The van der Waals surface area contributed by atoms with Crippen LogP contribution in [-0.4, -0.2) is 30.9 Å². The first-order valence-corrected chi connectivity index (χ1v) is 13.7. The fourth-order valence-electron chi connectivity index (χ4n) is 4.52. The molecule has 0 fully saturated rings. The van der Waals surface area contributed by atoms with E-state index >= 15 is 0 Å². The molecular weight excluding hydrogens is 448 g/mol. The number of nitriles is 1. The summed E-state index contributed by atoms with van der Waals surface area (Å²) in [6, 6.07) is 4.26. The molecule has 0 spiro atoms. The smallest absolute Gasteiger partial charge is 0.145 e. The second-order valence-electron chi connectivity index (χ2n) is 11.2. The van der Waals surface area contributed by atoms with E-state index in [1.54, 1.807) is 12.5 Å². The summed E-state index contributed by atoms with van der Waals surface area (Å²) in [5.74, 6) is 0. The number of hydrogen-bond donors (Lipinski definition) is 0. The summed E-state index contributed by atoms with van der Waals surface area (Å²) in [4.78, 5) is 8.99. The molecule has 0 bridgehead atoms. The van der Waals surface area contributed by atoms with E-state index in [2.05, 4.69) is 41.9 Å². The van der Waals surface area contributed by atoms with Gasteiger partial charge in [-0.25, -0.2) is 9.97 Å². The molecule has 0 N–H and O–H groups in total. The molecule has 36 heavy (non-hydrogen) atoms. The first-order chi connectivity index (χ1) is 17.4. The average Bonchev–Trinajstić information content (AvgIpc) is 3.49. The van der Waals surface area contributed by atoms with Crippen molar-refractivity contribution in [1.82, 2.24) is 24.3 Å². The molecule has 7 heteroatoms. The summed E-state index contributed by atoms with van der Waals surface area (Å²) in [5, 5.41) is 14.3. The van der Waals surface area contributed by atoms with Crippen LogP contribution in [0, 0.1) is 16.7 Å². The lowest BCUT2D eigenvalue weighted by Gasteiger charge is -2.17. The normalized spacial score (nSPS) is 12.8. The molecule has 0 aliphatic rings.